The fourth-order valence-electron chi connectivity index (χ4n) is 2.66. The zero-order valence-corrected chi connectivity index (χ0v) is 11.4. The first-order valence-corrected chi connectivity index (χ1v) is 6.54. The zero-order valence-electron chi connectivity index (χ0n) is 11.4. The van der Waals surface area contributed by atoms with Crippen molar-refractivity contribution >= 4 is 11.9 Å². The van der Waals surface area contributed by atoms with Gasteiger partial charge in [-0.25, -0.2) is 4.79 Å². The minimum absolute atomic E-state index is 0.202. The molecule has 5 heteroatoms. The predicted octanol–water partition coefficient (Wildman–Crippen LogP) is 1.32. The first kappa shape index (κ1) is 13.3. The summed E-state index contributed by atoms with van der Waals surface area (Å²) in [6.07, 6.45) is 1.70. The van der Waals surface area contributed by atoms with Crippen LogP contribution in [0.15, 0.2) is 0 Å². The number of Topliss-reactive ketones (excluding diaryl/α,β-unsaturated/α-hetero) is 1. The summed E-state index contributed by atoms with van der Waals surface area (Å²) in [5, 5.41) is 3.40. The van der Waals surface area contributed by atoms with Gasteiger partial charge in [0.2, 0.25) is 0 Å². The van der Waals surface area contributed by atoms with E-state index in [2.05, 4.69) is 5.32 Å². The fourth-order valence-corrected chi connectivity index (χ4v) is 2.66. The van der Waals surface area contributed by atoms with E-state index >= 15 is 0 Å². The fraction of sp³-hybridized carbons (Fsp3) is 0.846. The van der Waals surface area contributed by atoms with Crippen LogP contribution in [0.25, 0.3) is 0 Å². The minimum atomic E-state index is -0.472. The molecule has 18 heavy (non-hydrogen) atoms. The number of amides is 1. The zero-order chi connectivity index (χ0) is 13.4. The van der Waals surface area contributed by atoms with Gasteiger partial charge in [0.1, 0.15) is 11.4 Å². The predicted molar refractivity (Wildman–Crippen MR) is 67.4 cm³/mol. The summed E-state index contributed by atoms with van der Waals surface area (Å²) in [6.45, 7) is 7.54. The Kier molecular flexibility index (Phi) is 3.36. The molecule has 1 saturated heterocycles. The molecule has 1 N–H and O–H groups in total. The van der Waals surface area contributed by atoms with Gasteiger partial charge in [-0.15, -0.1) is 0 Å². The van der Waals surface area contributed by atoms with Crippen LogP contribution < -0.4 is 5.32 Å². The number of hydrogen-bond donors (Lipinski definition) is 1. The summed E-state index contributed by atoms with van der Waals surface area (Å²) in [7, 11) is 0. The maximum absolute atomic E-state index is 12.0. The van der Waals surface area contributed by atoms with Gasteiger partial charge in [-0.05, 0) is 27.2 Å². The van der Waals surface area contributed by atoms with E-state index in [1.807, 2.05) is 20.8 Å². The number of piperazine rings is 1. The number of carbonyl (C=O) groups is 2. The first-order chi connectivity index (χ1) is 8.30. The van der Waals surface area contributed by atoms with E-state index in [1.165, 1.54) is 0 Å². The van der Waals surface area contributed by atoms with Gasteiger partial charge in [0.25, 0.3) is 0 Å². The minimum Gasteiger partial charge on any atom is -0.444 e. The number of nitrogens with one attached hydrogen (secondary N) is 1. The molecule has 0 radical (unpaired) electrons. The van der Waals surface area contributed by atoms with Crippen molar-refractivity contribution in [1.29, 1.82) is 0 Å². The SMILES string of the molecule is CC(C)(C)OC(=O)N1CCNC2(CCC(=O)C2)C1. The van der Waals surface area contributed by atoms with Crippen molar-refractivity contribution in [2.75, 3.05) is 19.6 Å². The molecule has 2 fully saturated rings. The number of ether oxygens (including phenoxy) is 1. The van der Waals surface area contributed by atoms with Crippen molar-refractivity contribution in [2.45, 2.75) is 51.2 Å². The molecule has 1 aliphatic carbocycles. The van der Waals surface area contributed by atoms with Gasteiger partial charge in [-0.1, -0.05) is 0 Å². The first-order valence-electron chi connectivity index (χ1n) is 6.54. The van der Waals surface area contributed by atoms with Gasteiger partial charge in [0.05, 0.1) is 0 Å². The third-order valence-corrected chi connectivity index (χ3v) is 3.44. The van der Waals surface area contributed by atoms with Crippen molar-refractivity contribution in [1.82, 2.24) is 10.2 Å². The average Bonchev–Trinajstić information content (AvgIpc) is 2.57. The average molecular weight is 254 g/mol. The van der Waals surface area contributed by atoms with Crippen molar-refractivity contribution < 1.29 is 14.3 Å². The lowest BCUT2D eigenvalue weighted by Gasteiger charge is -2.41. The largest absolute Gasteiger partial charge is 0.444 e. The molecule has 2 rings (SSSR count). The highest BCUT2D eigenvalue weighted by atomic mass is 16.6. The molecule has 0 aromatic heterocycles. The summed E-state index contributed by atoms with van der Waals surface area (Å²) in [6, 6.07) is 0. The summed E-state index contributed by atoms with van der Waals surface area (Å²) in [5.74, 6) is 0.286. The second-order valence-corrected chi connectivity index (χ2v) is 6.32. The van der Waals surface area contributed by atoms with Crippen LogP contribution in [0.3, 0.4) is 0 Å². The van der Waals surface area contributed by atoms with Crippen molar-refractivity contribution in [3.63, 3.8) is 0 Å². The number of nitrogens with zero attached hydrogens (tertiary/aromatic N) is 1. The molecule has 0 aromatic carbocycles. The summed E-state index contributed by atoms with van der Waals surface area (Å²) in [5.41, 5.74) is -0.674. The van der Waals surface area contributed by atoms with Crippen LogP contribution in [-0.2, 0) is 9.53 Å². The highest BCUT2D eigenvalue weighted by Crippen LogP contribution is 2.30. The molecule has 1 heterocycles. The van der Waals surface area contributed by atoms with Crippen LogP contribution >= 0.6 is 0 Å². The maximum atomic E-state index is 12.0. The molecular weight excluding hydrogens is 232 g/mol. The Labute approximate surface area is 108 Å². The van der Waals surface area contributed by atoms with E-state index in [4.69, 9.17) is 4.74 Å². The molecule has 1 atom stereocenters. The molecule has 1 unspecified atom stereocenters. The summed E-state index contributed by atoms with van der Waals surface area (Å²) in [4.78, 5) is 25.2. The Hall–Kier alpha value is -1.10. The Morgan fingerprint density at radius 3 is 2.72 bits per heavy atom. The molecule has 0 aromatic rings. The normalized spacial score (nSPS) is 28.8. The Morgan fingerprint density at radius 2 is 2.17 bits per heavy atom. The second-order valence-electron chi connectivity index (χ2n) is 6.32. The highest BCUT2D eigenvalue weighted by Gasteiger charge is 2.43. The molecule has 0 bridgehead atoms. The van der Waals surface area contributed by atoms with E-state index < -0.39 is 5.60 Å². The molecule has 2 aliphatic rings. The standard InChI is InChI=1S/C13H22N2O3/c1-12(2,3)18-11(17)15-7-6-14-13(9-15)5-4-10(16)8-13/h14H,4-9H2,1-3H3. The third-order valence-electron chi connectivity index (χ3n) is 3.44. The Balaban J connectivity index is 1.99. The number of ketones is 1. The van der Waals surface area contributed by atoms with Gasteiger partial charge in [0, 0.05) is 38.0 Å². The van der Waals surface area contributed by atoms with Crippen LogP contribution in [0, 0.1) is 0 Å². The molecule has 1 spiro atoms. The van der Waals surface area contributed by atoms with E-state index in [0.29, 0.717) is 25.9 Å². The lowest BCUT2D eigenvalue weighted by Crippen LogP contribution is -2.60. The van der Waals surface area contributed by atoms with Crippen LogP contribution in [0.5, 0.6) is 0 Å². The van der Waals surface area contributed by atoms with Crippen LogP contribution in [0.4, 0.5) is 4.79 Å². The second kappa shape index (κ2) is 4.53. The number of hydrogen-bond acceptors (Lipinski definition) is 4. The summed E-state index contributed by atoms with van der Waals surface area (Å²) >= 11 is 0. The van der Waals surface area contributed by atoms with E-state index in [0.717, 1.165) is 13.0 Å². The molecule has 102 valence electrons. The van der Waals surface area contributed by atoms with Crippen LogP contribution in [0.1, 0.15) is 40.0 Å². The Bertz CT molecular complexity index is 362. The quantitative estimate of drug-likeness (QED) is 0.708. The van der Waals surface area contributed by atoms with Crippen molar-refractivity contribution in [3.8, 4) is 0 Å². The monoisotopic (exact) mass is 254 g/mol. The smallest absolute Gasteiger partial charge is 0.410 e. The Morgan fingerprint density at radius 1 is 1.44 bits per heavy atom. The van der Waals surface area contributed by atoms with E-state index in [-0.39, 0.29) is 17.4 Å². The van der Waals surface area contributed by atoms with E-state index in [9.17, 15) is 9.59 Å². The molecule has 1 aliphatic heterocycles. The number of rotatable bonds is 0. The van der Waals surface area contributed by atoms with E-state index in [1.54, 1.807) is 4.90 Å². The van der Waals surface area contributed by atoms with Gasteiger partial charge < -0.3 is 15.0 Å². The molecule has 1 saturated carbocycles. The van der Waals surface area contributed by atoms with Crippen molar-refractivity contribution in [2.24, 2.45) is 0 Å². The van der Waals surface area contributed by atoms with Crippen molar-refractivity contribution in [3.05, 3.63) is 0 Å². The molecular formula is C13H22N2O3. The van der Waals surface area contributed by atoms with Gasteiger partial charge in [-0.2, -0.15) is 0 Å². The van der Waals surface area contributed by atoms with Crippen LogP contribution in [-0.4, -0.2) is 47.6 Å². The van der Waals surface area contributed by atoms with Gasteiger partial charge >= 0.3 is 6.09 Å². The highest BCUT2D eigenvalue weighted by molar-refractivity contribution is 5.82. The number of carbonyl (C=O) groups excluding carboxylic acids is 2. The lowest BCUT2D eigenvalue weighted by molar-refractivity contribution is -0.117. The topological polar surface area (TPSA) is 58.6 Å². The lowest BCUT2D eigenvalue weighted by atomic mass is 9.95. The summed E-state index contributed by atoms with van der Waals surface area (Å²) < 4.78 is 5.38. The molecule has 5 nitrogen and oxygen atoms in total. The van der Waals surface area contributed by atoms with Gasteiger partial charge in [-0.3, -0.25) is 4.79 Å². The maximum Gasteiger partial charge on any atom is 0.410 e. The third kappa shape index (κ3) is 3.02. The van der Waals surface area contributed by atoms with Gasteiger partial charge in [0.15, 0.2) is 0 Å². The molecule has 1 amide bonds. The van der Waals surface area contributed by atoms with Crippen LogP contribution in [0.2, 0.25) is 0 Å².